The minimum absolute atomic E-state index is 0.123. The highest BCUT2D eigenvalue weighted by atomic mass is 16.4. The van der Waals surface area contributed by atoms with Crippen molar-refractivity contribution in [3.8, 4) is 0 Å². The summed E-state index contributed by atoms with van der Waals surface area (Å²) in [6.45, 7) is 4.52. The highest BCUT2D eigenvalue weighted by molar-refractivity contribution is 5.97. The van der Waals surface area contributed by atoms with Crippen molar-refractivity contribution in [2.45, 2.75) is 32.7 Å². The zero-order chi connectivity index (χ0) is 17.1. The van der Waals surface area contributed by atoms with Crippen LogP contribution in [0.15, 0.2) is 34.7 Å². The molecule has 6 nitrogen and oxygen atoms in total. The lowest BCUT2D eigenvalue weighted by Crippen LogP contribution is -2.48. The molecular formula is C18H21N3O3. The Balaban J connectivity index is 1.90. The lowest BCUT2D eigenvalue weighted by atomic mass is 10.0. The van der Waals surface area contributed by atoms with Gasteiger partial charge in [0.25, 0.3) is 5.91 Å². The molecule has 0 radical (unpaired) electrons. The molecule has 1 fully saturated rings. The van der Waals surface area contributed by atoms with Crippen molar-refractivity contribution in [2.24, 2.45) is 0 Å². The molecule has 1 aliphatic rings. The largest absolute Gasteiger partial charge is 0.445 e. The van der Waals surface area contributed by atoms with E-state index in [4.69, 9.17) is 4.42 Å². The third-order valence-electron chi connectivity index (χ3n) is 4.19. The molecule has 1 aromatic carbocycles. The topological polar surface area (TPSA) is 75.4 Å². The maximum Gasteiger partial charge on any atom is 0.276 e. The fourth-order valence-electron chi connectivity index (χ4n) is 3.02. The highest BCUT2D eigenvalue weighted by Gasteiger charge is 2.34. The number of aromatic nitrogens is 1. The Morgan fingerprint density at radius 3 is 2.75 bits per heavy atom. The van der Waals surface area contributed by atoms with E-state index in [9.17, 15) is 9.59 Å². The molecule has 6 heteroatoms. The zero-order valence-electron chi connectivity index (χ0n) is 13.9. The standard InChI is InChI=1S/C18H21N3O3/c1-12-16(20-13(2)24-12)18(23)21-10-6-9-19-17(22)15(21)11-14-7-4-3-5-8-14/h3-5,7-8,15H,6,9-11H2,1-2H3,(H,19,22)/t15-/m0/s1. The van der Waals surface area contributed by atoms with Gasteiger partial charge in [-0.25, -0.2) is 4.98 Å². The quantitative estimate of drug-likeness (QED) is 0.934. The second-order valence-electron chi connectivity index (χ2n) is 5.99. The summed E-state index contributed by atoms with van der Waals surface area (Å²) in [5.41, 5.74) is 1.31. The van der Waals surface area contributed by atoms with Crippen LogP contribution in [0.25, 0.3) is 0 Å². The first-order valence-corrected chi connectivity index (χ1v) is 8.13. The van der Waals surface area contributed by atoms with Crippen LogP contribution in [0.3, 0.4) is 0 Å². The fourth-order valence-corrected chi connectivity index (χ4v) is 3.02. The van der Waals surface area contributed by atoms with E-state index in [-0.39, 0.29) is 11.8 Å². The maximum absolute atomic E-state index is 13.0. The molecule has 2 aromatic rings. The zero-order valence-corrected chi connectivity index (χ0v) is 13.9. The van der Waals surface area contributed by atoms with Gasteiger partial charge in [-0.3, -0.25) is 9.59 Å². The van der Waals surface area contributed by atoms with Crippen molar-refractivity contribution >= 4 is 11.8 Å². The Labute approximate surface area is 140 Å². The number of aryl methyl sites for hydroxylation is 2. The Kier molecular flexibility index (Phi) is 4.64. The molecule has 2 heterocycles. The van der Waals surface area contributed by atoms with E-state index in [1.807, 2.05) is 30.3 Å². The molecule has 0 spiro atoms. The highest BCUT2D eigenvalue weighted by Crippen LogP contribution is 2.18. The van der Waals surface area contributed by atoms with Gasteiger partial charge in [0.2, 0.25) is 5.91 Å². The summed E-state index contributed by atoms with van der Waals surface area (Å²) in [5.74, 6) is 0.570. The van der Waals surface area contributed by atoms with Crippen LogP contribution in [0.1, 0.15) is 34.1 Å². The first-order chi connectivity index (χ1) is 11.6. The van der Waals surface area contributed by atoms with Crippen molar-refractivity contribution in [1.82, 2.24) is 15.2 Å². The molecule has 0 aliphatic carbocycles. The fraction of sp³-hybridized carbons (Fsp3) is 0.389. The van der Waals surface area contributed by atoms with E-state index in [1.165, 1.54) is 0 Å². The summed E-state index contributed by atoms with van der Waals surface area (Å²) < 4.78 is 5.38. The lowest BCUT2D eigenvalue weighted by Gasteiger charge is -2.28. The number of carbonyl (C=O) groups excluding carboxylic acids is 2. The van der Waals surface area contributed by atoms with Gasteiger partial charge in [0.15, 0.2) is 11.6 Å². The molecule has 0 bridgehead atoms. The Morgan fingerprint density at radius 1 is 1.33 bits per heavy atom. The van der Waals surface area contributed by atoms with E-state index < -0.39 is 6.04 Å². The lowest BCUT2D eigenvalue weighted by molar-refractivity contribution is -0.124. The van der Waals surface area contributed by atoms with Crippen molar-refractivity contribution < 1.29 is 14.0 Å². The number of nitrogens with one attached hydrogen (secondary N) is 1. The minimum Gasteiger partial charge on any atom is -0.445 e. The Bertz CT molecular complexity index is 739. The second-order valence-corrected chi connectivity index (χ2v) is 5.99. The van der Waals surface area contributed by atoms with Crippen LogP contribution in [0, 0.1) is 13.8 Å². The van der Waals surface area contributed by atoms with Crippen LogP contribution >= 0.6 is 0 Å². The van der Waals surface area contributed by atoms with E-state index in [0.29, 0.717) is 36.9 Å². The van der Waals surface area contributed by atoms with E-state index in [1.54, 1.807) is 18.7 Å². The van der Waals surface area contributed by atoms with Crippen LogP contribution in [0.4, 0.5) is 0 Å². The molecule has 0 unspecified atom stereocenters. The predicted octanol–water partition coefficient (Wildman–Crippen LogP) is 1.86. The van der Waals surface area contributed by atoms with Gasteiger partial charge in [-0.05, 0) is 18.9 Å². The average molecular weight is 327 g/mol. The monoisotopic (exact) mass is 327 g/mol. The average Bonchev–Trinajstić information content (AvgIpc) is 2.81. The molecule has 1 aliphatic heterocycles. The van der Waals surface area contributed by atoms with Crippen LogP contribution in [-0.4, -0.2) is 40.8 Å². The molecular weight excluding hydrogens is 306 g/mol. The summed E-state index contributed by atoms with van der Waals surface area (Å²) in [6.07, 6.45) is 1.20. The number of hydrogen-bond donors (Lipinski definition) is 1. The summed E-state index contributed by atoms with van der Waals surface area (Å²) in [7, 11) is 0. The number of carbonyl (C=O) groups is 2. The van der Waals surface area contributed by atoms with Crippen molar-refractivity contribution in [3.05, 3.63) is 53.2 Å². The molecule has 1 aromatic heterocycles. The molecule has 0 saturated carbocycles. The number of benzene rings is 1. The van der Waals surface area contributed by atoms with Crippen molar-refractivity contribution in [3.63, 3.8) is 0 Å². The SMILES string of the molecule is Cc1nc(C(=O)N2CCCNC(=O)[C@@H]2Cc2ccccc2)c(C)o1. The number of hydrogen-bond acceptors (Lipinski definition) is 4. The minimum atomic E-state index is -0.543. The predicted molar refractivity (Wildman–Crippen MR) is 88.6 cm³/mol. The van der Waals surface area contributed by atoms with Crippen molar-refractivity contribution in [2.75, 3.05) is 13.1 Å². The van der Waals surface area contributed by atoms with Crippen LogP contribution < -0.4 is 5.32 Å². The van der Waals surface area contributed by atoms with E-state index in [2.05, 4.69) is 10.3 Å². The van der Waals surface area contributed by atoms with Crippen molar-refractivity contribution in [1.29, 1.82) is 0 Å². The summed E-state index contributed by atoms with van der Waals surface area (Å²) in [6, 6.07) is 9.18. The summed E-state index contributed by atoms with van der Waals surface area (Å²) in [4.78, 5) is 31.3. The number of nitrogens with zero attached hydrogens (tertiary/aromatic N) is 2. The third kappa shape index (κ3) is 3.32. The molecule has 1 atom stereocenters. The summed E-state index contributed by atoms with van der Waals surface area (Å²) in [5, 5.41) is 2.89. The number of oxazole rings is 1. The van der Waals surface area contributed by atoms with E-state index >= 15 is 0 Å². The van der Waals surface area contributed by atoms with Crippen LogP contribution in [0.2, 0.25) is 0 Å². The van der Waals surface area contributed by atoms with E-state index in [0.717, 1.165) is 12.0 Å². The first kappa shape index (κ1) is 16.2. The normalized spacial score (nSPS) is 18.2. The van der Waals surface area contributed by atoms with Crippen LogP contribution in [-0.2, 0) is 11.2 Å². The molecule has 3 rings (SSSR count). The molecule has 24 heavy (non-hydrogen) atoms. The van der Waals surface area contributed by atoms with Gasteiger partial charge in [-0.2, -0.15) is 0 Å². The van der Waals surface area contributed by atoms with Gasteiger partial charge in [-0.15, -0.1) is 0 Å². The van der Waals surface area contributed by atoms with Gasteiger partial charge in [-0.1, -0.05) is 30.3 Å². The first-order valence-electron chi connectivity index (χ1n) is 8.13. The Morgan fingerprint density at radius 2 is 2.08 bits per heavy atom. The molecule has 1 N–H and O–H groups in total. The van der Waals surface area contributed by atoms with Gasteiger partial charge in [0.05, 0.1) is 0 Å². The number of amides is 2. The van der Waals surface area contributed by atoms with Gasteiger partial charge >= 0.3 is 0 Å². The molecule has 126 valence electrons. The smallest absolute Gasteiger partial charge is 0.276 e. The van der Waals surface area contributed by atoms with Gasteiger partial charge < -0.3 is 14.6 Å². The summed E-state index contributed by atoms with van der Waals surface area (Å²) >= 11 is 0. The second kappa shape index (κ2) is 6.86. The molecule has 2 amide bonds. The Hall–Kier alpha value is -2.63. The maximum atomic E-state index is 13.0. The number of rotatable bonds is 3. The van der Waals surface area contributed by atoms with Gasteiger partial charge in [0.1, 0.15) is 11.8 Å². The van der Waals surface area contributed by atoms with Gasteiger partial charge in [0, 0.05) is 26.4 Å². The third-order valence-corrected chi connectivity index (χ3v) is 4.19. The van der Waals surface area contributed by atoms with Crippen LogP contribution in [0.5, 0.6) is 0 Å². The molecule has 1 saturated heterocycles.